The van der Waals surface area contributed by atoms with Gasteiger partial charge in [-0.2, -0.15) is 0 Å². The third-order valence-corrected chi connectivity index (χ3v) is 3.38. The van der Waals surface area contributed by atoms with E-state index in [2.05, 4.69) is 4.98 Å². The van der Waals surface area contributed by atoms with Crippen LogP contribution in [-0.2, 0) is 17.7 Å². The summed E-state index contributed by atoms with van der Waals surface area (Å²) in [6.07, 6.45) is 1.71. The number of halogens is 1. The predicted molar refractivity (Wildman–Crippen MR) is 75.5 cm³/mol. The van der Waals surface area contributed by atoms with E-state index in [0.29, 0.717) is 25.2 Å². The number of fused-ring (bicyclic) bond motifs is 3. The van der Waals surface area contributed by atoms with Crippen molar-refractivity contribution >= 4 is 11.7 Å². The summed E-state index contributed by atoms with van der Waals surface area (Å²) >= 11 is 0. The maximum atomic E-state index is 13.4. The minimum Gasteiger partial charge on any atom is -0.444 e. The molecule has 3 heterocycles. The van der Waals surface area contributed by atoms with Gasteiger partial charge in [0, 0.05) is 19.2 Å². The zero-order chi connectivity index (χ0) is 15.2. The van der Waals surface area contributed by atoms with Gasteiger partial charge in [-0.3, -0.25) is 4.40 Å². The van der Waals surface area contributed by atoms with Crippen molar-refractivity contribution < 1.29 is 13.9 Å². The normalized spacial score (nSPS) is 15.1. The van der Waals surface area contributed by atoms with Gasteiger partial charge >= 0.3 is 6.09 Å². The van der Waals surface area contributed by atoms with Gasteiger partial charge in [-0.1, -0.05) is 0 Å². The number of rotatable bonds is 0. The van der Waals surface area contributed by atoms with Gasteiger partial charge in [0.15, 0.2) is 0 Å². The van der Waals surface area contributed by atoms with E-state index in [-0.39, 0.29) is 11.9 Å². The van der Waals surface area contributed by atoms with Crippen LogP contribution in [0.3, 0.4) is 0 Å². The van der Waals surface area contributed by atoms with Gasteiger partial charge in [-0.05, 0) is 32.9 Å². The average molecular weight is 291 g/mol. The number of pyridine rings is 1. The molecular formula is C15H18FN3O2. The Kier molecular flexibility index (Phi) is 3.11. The van der Waals surface area contributed by atoms with Crippen molar-refractivity contribution in [2.45, 2.75) is 39.3 Å². The van der Waals surface area contributed by atoms with Crippen LogP contribution >= 0.6 is 0 Å². The van der Waals surface area contributed by atoms with Crippen molar-refractivity contribution in [1.29, 1.82) is 0 Å². The molecule has 1 amide bonds. The number of ether oxygens (including phenoxy) is 1. The van der Waals surface area contributed by atoms with Gasteiger partial charge in [-0.15, -0.1) is 0 Å². The minimum atomic E-state index is -0.525. The molecule has 5 nitrogen and oxygen atoms in total. The number of hydrogen-bond donors (Lipinski definition) is 0. The first-order chi connectivity index (χ1) is 9.83. The summed E-state index contributed by atoms with van der Waals surface area (Å²) in [6.45, 7) is 6.46. The fraction of sp³-hybridized carbons (Fsp3) is 0.467. The highest BCUT2D eigenvalue weighted by Crippen LogP contribution is 2.22. The lowest BCUT2D eigenvalue weighted by Gasteiger charge is -2.29. The Morgan fingerprint density at radius 1 is 1.38 bits per heavy atom. The van der Waals surface area contributed by atoms with E-state index in [4.69, 9.17) is 4.74 Å². The Labute approximate surface area is 122 Å². The molecule has 6 heteroatoms. The molecular weight excluding hydrogens is 273 g/mol. The largest absolute Gasteiger partial charge is 0.444 e. The Bertz CT molecular complexity index is 703. The van der Waals surface area contributed by atoms with Crippen LogP contribution < -0.4 is 0 Å². The highest BCUT2D eigenvalue weighted by molar-refractivity contribution is 5.68. The van der Waals surface area contributed by atoms with E-state index in [0.717, 1.165) is 11.4 Å². The third-order valence-electron chi connectivity index (χ3n) is 3.38. The monoisotopic (exact) mass is 291 g/mol. The average Bonchev–Trinajstić information content (AvgIpc) is 2.74. The second-order valence-corrected chi connectivity index (χ2v) is 6.23. The molecule has 0 unspecified atom stereocenters. The Balaban J connectivity index is 1.89. The molecule has 0 bridgehead atoms. The SMILES string of the molecule is CC(C)(C)OC(=O)N1CCc2nc3ccc(F)cn3c2C1. The first-order valence-corrected chi connectivity index (χ1v) is 6.97. The number of amides is 1. The fourth-order valence-corrected chi connectivity index (χ4v) is 2.47. The second kappa shape index (κ2) is 4.72. The van der Waals surface area contributed by atoms with Gasteiger partial charge in [0.1, 0.15) is 17.1 Å². The van der Waals surface area contributed by atoms with Crippen LogP contribution in [0, 0.1) is 5.82 Å². The van der Waals surface area contributed by atoms with Gasteiger partial charge < -0.3 is 9.64 Å². The molecule has 0 saturated carbocycles. The maximum Gasteiger partial charge on any atom is 0.410 e. The van der Waals surface area contributed by atoms with E-state index < -0.39 is 5.60 Å². The number of carbonyl (C=O) groups is 1. The van der Waals surface area contributed by atoms with Crippen LogP contribution in [0.5, 0.6) is 0 Å². The van der Waals surface area contributed by atoms with Gasteiger partial charge in [0.25, 0.3) is 0 Å². The molecule has 2 aromatic rings. The summed E-state index contributed by atoms with van der Waals surface area (Å²) in [5, 5.41) is 0. The molecule has 0 saturated heterocycles. The summed E-state index contributed by atoms with van der Waals surface area (Å²) in [7, 11) is 0. The van der Waals surface area contributed by atoms with E-state index in [1.54, 1.807) is 15.4 Å². The Morgan fingerprint density at radius 3 is 2.86 bits per heavy atom. The van der Waals surface area contributed by atoms with Crippen LogP contribution in [0.25, 0.3) is 5.65 Å². The van der Waals surface area contributed by atoms with E-state index in [1.807, 2.05) is 20.8 Å². The van der Waals surface area contributed by atoms with Crippen molar-refractivity contribution in [2.24, 2.45) is 0 Å². The van der Waals surface area contributed by atoms with Gasteiger partial charge in [0.05, 0.1) is 17.9 Å². The molecule has 0 aromatic carbocycles. The second-order valence-electron chi connectivity index (χ2n) is 6.23. The molecule has 2 aromatic heterocycles. The summed E-state index contributed by atoms with van der Waals surface area (Å²) < 4.78 is 20.5. The van der Waals surface area contributed by atoms with Crippen molar-refractivity contribution in [3.63, 3.8) is 0 Å². The molecule has 0 atom stereocenters. The quantitative estimate of drug-likeness (QED) is 0.750. The highest BCUT2D eigenvalue weighted by Gasteiger charge is 2.28. The van der Waals surface area contributed by atoms with Crippen LogP contribution in [-0.4, -0.2) is 32.5 Å². The molecule has 0 fully saturated rings. The maximum absolute atomic E-state index is 13.4. The van der Waals surface area contributed by atoms with Gasteiger partial charge in [0.2, 0.25) is 0 Å². The Morgan fingerprint density at radius 2 is 2.14 bits per heavy atom. The lowest BCUT2D eigenvalue weighted by Crippen LogP contribution is -2.40. The first-order valence-electron chi connectivity index (χ1n) is 6.97. The zero-order valence-electron chi connectivity index (χ0n) is 12.4. The topological polar surface area (TPSA) is 46.8 Å². The lowest BCUT2D eigenvalue weighted by atomic mass is 10.1. The highest BCUT2D eigenvalue weighted by atomic mass is 19.1. The molecule has 3 rings (SSSR count). The smallest absolute Gasteiger partial charge is 0.410 e. The first kappa shape index (κ1) is 13.9. The molecule has 1 aliphatic heterocycles. The van der Waals surface area contributed by atoms with Crippen molar-refractivity contribution in [2.75, 3.05) is 6.54 Å². The van der Waals surface area contributed by atoms with Crippen molar-refractivity contribution in [3.05, 3.63) is 35.5 Å². The lowest BCUT2D eigenvalue weighted by molar-refractivity contribution is 0.0220. The molecule has 21 heavy (non-hydrogen) atoms. The van der Waals surface area contributed by atoms with Crippen LogP contribution in [0.1, 0.15) is 32.2 Å². The minimum absolute atomic E-state index is 0.322. The number of imidazole rings is 1. The van der Waals surface area contributed by atoms with E-state index in [1.165, 1.54) is 12.3 Å². The van der Waals surface area contributed by atoms with E-state index >= 15 is 0 Å². The summed E-state index contributed by atoms with van der Waals surface area (Å²) in [4.78, 5) is 18.3. The third kappa shape index (κ3) is 2.70. The molecule has 0 aliphatic carbocycles. The number of carbonyl (C=O) groups excluding carboxylic acids is 1. The van der Waals surface area contributed by atoms with Crippen molar-refractivity contribution in [1.82, 2.24) is 14.3 Å². The molecule has 0 N–H and O–H groups in total. The number of nitrogens with zero attached hydrogens (tertiary/aromatic N) is 3. The number of aromatic nitrogens is 2. The summed E-state index contributed by atoms with van der Waals surface area (Å²) in [5.41, 5.74) is 1.94. The van der Waals surface area contributed by atoms with Crippen LogP contribution in [0.4, 0.5) is 9.18 Å². The Hall–Kier alpha value is -2.11. The molecule has 0 spiro atoms. The van der Waals surface area contributed by atoms with Gasteiger partial charge in [-0.25, -0.2) is 14.2 Å². The molecule has 0 radical (unpaired) electrons. The predicted octanol–water partition coefficient (Wildman–Crippen LogP) is 2.77. The van der Waals surface area contributed by atoms with Crippen LogP contribution in [0.2, 0.25) is 0 Å². The number of hydrogen-bond acceptors (Lipinski definition) is 3. The summed E-state index contributed by atoms with van der Waals surface area (Å²) in [5.74, 6) is -0.322. The van der Waals surface area contributed by atoms with Crippen molar-refractivity contribution in [3.8, 4) is 0 Å². The fourth-order valence-electron chi connectivity index (χ4n) is 2.47. The van der Waals surface area contributed by atoms with E-state index in [9.17, 15) is 9.18 Å². The van der Waals surface area contributed by atoms with Crippen LogP contribution in [0.15, 0.2) is 18.3 Å². The summed E-state index contributed by atoms with van der Waals surface area (Å²) in [6, 6.07) is 3.03. The molecule has 112 valence electrons. The molecule has 1 aliphatic rings. The standard InChI is InChI=1S/C15H18FN3O2/c1-15(2,3)21-14(20)18-7-6-11-12(9-18)19-8-10(16)4-5-13(19)17-11/h4-5,8H,6-7,9H2,1-3H3. The zero-order valence-corrected chi connectivity index (χ0v) is 12.4.